The lowest BCUT2D eigenvalue weighted by molar-refractivity contribution is -0.133. The molecule has 2 aliphatic rings. The van der Waals surface area contributed by atoms with Crippen molar-refractivity contribution in [3.05, 3.63) is 48.0 Å². The standard InChI is InChI=1S/C20H20F2N6O/c21-20(22)5-6-27(10-20)19(29)18(23)15-4-1-12-7-13(2-3-14(12)15)16-8-24-9-17-25-11-26-28(16)17/h2-3,7-9,11,15,18H,1,4-6,10,23H2/t15-,18-/m0/s1. The number of hydrogen-bond acceptors (Lipinski definition) is 5. The van der Waals surface area contributed by atoms with Gasteiger partial charge in [0.25, 0.3) is 5.92 Å². The summed E-state index contributed by atoms with van der Waals surface area (Å²) >= 11 is 0. The van der Waals surface area contributed by atoms with E-state index in [1.165, 1.54) is 11.2 Å². The van der Waals surface area contributed by atoms with Crippen LogP contribution in [0.1, 0.15) is 29.9 Å². The first-order valence-corrected chi connectivity index (χ1v) is 9.62. The Bertz CT molecular complexity index is 1100. The van der Waals surface area contributed by atoms with Crippen molar-refractivity contribution < 1.29 is 13.6 Å². The number of halogens is 2. The maximum Gasteiger partial charge on any atom is 0.267 e. The number of nitrogens with two attached hydrogens (primary N) is 1. The highest BCUT2D eigenvalue weighted by molar-refractivity contribution is 5.83. The van der Waals surface area contributed by atoms with Crippen molar-refractivity contribution in [2.45, 2.75) is 37.1 Å². The number of carbonyl (C=O) groups is 1. The minimum absolute atomic E-state index is 0.0625. The molecule has 0 spiro atoms. The van der Waals surface area contributed by atoms with E-state index in [0.29, 0.717) is 5.65 Å². The second kappa shape index (κ2) is 6.55. The molecule has 0 unspecified atom stereocenters. The molecule has 1 aliphatic carbocycles. The molecule has 1 aliphatic heterocycles. The van der Waals surface area contributed by atoms with Crippen molar-refractivity contribution in [2.24, 2.45) is 5.73 Å². The molecule has 29 heavy (non-hydrogen) atoms. The van der Waals surface area contributed by atoms with E-state index in [1.807, 2.05) is 12.1 Å². The third-order valence-electron chi connectivity index (χ3n) is 5.95. The van der Waals surface area contributed by atoms with Crippen LogP contribution in [0.5, 0.6) is 0 Å². The molecule has 5 rings (SSSR count). The predicted molar refractivity (Wildman–Crippen MR) is 101 cm³/mol. The summed E-state index contributed by atoms with van der Waals surface area (Å²) in [6, 6.07) is 5.19. The van der Waals surface area contributed by atoms with Crippen LogP contribution >= 0.6 is 0 Å². The highest BCUT2D eigenvalue weighted by Gasteiger charge is 2.43. The van der Waals surface area contributed by atoms with Crippen molar-refractivity contribution in [3.8, 4) is 11.3 Å². The highest BCUT2D eigenvalue weighted by Crippen LogP contribution is 2.38. The first kappa shape index (κ1) is 18.1. The summed E-state index contributed by atoms with van der Waals surface area (Å²) in [6.07, 6.45) is 6.08. The quantitative estimate of drug-likeness (QED) is 0.729. The second-order valence-electron chi connectivity index (χ2n) is 7.77. The van der Waals surface area contributed by atoms with Gasteiger partial charge in [-0.3, -0.25) is 9.78 Å². The van der Waals surface area contributed by atoms with Crippen LogP contribution in [-0.2, 0) is 11.2 Å². The van der Waals surface area contributed by atoms with Crippen molar-refractivity contribution in [1.29, 1.82) is 0 Å². The summed E-state index contributed by atoms with van der Waals surface area (Å²) < 4.78 is 28.7. The smallest absolute Gasteiger partial charge is 0.267 e. The van der Waals surface area contributed by atoms with E-state index in [4.69, 9.17) is 5.73 Å². The molecular formula is C20H20F2N6O. The normalized spacial score (nSPS) is 21.5. The lowest BCUT2D eigenvalue weighted by Gasteiger charge is -2.25. The van der Waals surface area contributed by atoms with E-state index in [2.05, 4.69) is 21.1 Å². The molecule has 3 heterocycles. The number of likely N-dealkylation sites (tertiary alicyclic amines) is 1. The lowest BCUT2D eigenvalue weighted by Crippen LogP contribution is -2.46. The van der Waals surface area contributed by atoms with E-state index in [9.17, 15) is 13.6 Å². The first-order chi connectivity index (χ1) is 13.9. The molecule has 7 nitrogen and oxygen atoms in total. The van der Waals surface area contributed by atoms with Gasteiger partial charge in [-0.05, 0) is 30.0 Å². The van der Waals surface area contributed by atoms with Crippen LogP contribution < -0.4 is 5.73 Å². The number of benzene rings is 1. The van der Waals surface area contributed by atoms with Crippen LogP contribution in [0.15, 0.2) is 36.9 Å². The Morgan fingerprint density at radius 2 is 2.17 bits per heavy atom. The van der Waals surface area contributed by atoms with Gasteiger partial charge >= 0.3 is 0 Å². The molecular weight excluding hydrogens is 378 g/mol. The number of amides is 1. The summed E-state index contributed by atoms with van der Waals surface area (Å²) in [5.74, 6) is -3.37. The van der Waals surface area contributed by atoms with Gasteiger partial charge in [0, 0.05) is 24.4 Å². The van der Waals surface area contributed by atoms with E-state index >= 15 is 0 Å². The van der Waals surface area contributed by atoms with Gasteiger partial charge in [-0.25, -0.2) is 18.3 Å². The van der Waals surface area contributed by atoms with Gasteiger partial charge in [-0.1, -0.05) is 12.1 Å². The van der Waals surface area contributed by atoms with Gasteiger partial charge in [0.1, 0.15) is 6.33 Å². The Morgan fingerprint density at radius 3 is 2.97 bits per heavy atom. The van der Waals surface area contributed by atoms with Crippen LogP contribution in [0.4, 0.5) is 8.78 Å². The Morgan fingerprint density at radius 1 is 1.31 bits per heavy atom. The van der Waals surface area contributed by atoms with E-state index in [-0.39, 0.29) is 24.8 Å². The Balaban J connectivity index is 1.41. The summed E-state index contributed by atoms with van der Waals surface area (Å²) in [7, 11) is 0. The van der Waals surface area contributed by atoms with Gasteiger partial charge in [0.05, 0.1) is 30.7 Å². The van der Waals surface area contributed by atoms with Crippen LogP contribution in [0.25, 0.3) is 16.9 Å². The Labute approximate surface area is 165 Å². The minimum atomic E-state index is -2.81. The number of alkyl halides is 2. The molecule has 1 aromatic carbocycles. The van der Waals surface area contributed by atoms with Crippen molar-refractivity contribution >= 4 is 11.6 Å². The fourth-order valence-electron chi connectivity index (χ4n) is 4.44. The molecule has 9 heteroatoms. The SMILES string of the molecule is N[C@H](C(=O)N1CCC(F)(F)C1)[C@H]1CCc2cc(-c3cncc4ncnn34)ccc21. The van der Waals surface area contributed by atoms with Crippen molar-refractivity contribution in [2.75, 3.05) is 13.1 Å². The zero-order valence-electron chi connectivity index (χ0n) is 15.6. The van der Waals surface area contributed by atoms with Crippen LogP contribution in [0, 0.1) is 0 Å². The third kappa shape index (κ3) is 3.05. The largest absolute Gasteiger partial charge is 0.335 e. The summed E-state index contributed by atoms with van der Waals surface area (Å²) in [4.78, 5) is 22.3. The number of carbonyl (C=O) groups excluding carboxylic acids is 1. The molecule has 0 saturated carbocycles. The van der Waals surface area contributed by atoms with E-state index < -0.39 is 18.5 Å². The average Bonchev–Trinajstić information content (AvgIpc) is 3.43. The molecule has 1 saturated heterocycles. The van der Waals surface area contributed by atoms with Gasteiger partial charge in [-0.15, -0.1) is 0 Å². The molecule has 1 amide bonds. The van der Waals surface area contributed by atoms with Crippen molar-refractivity contribution in [1.82, 2.24) is 24.5 Å². The first-order valence-electron chi connectivity index (χ1n) is 9.62. The number of aryl methyl sites for hydroxylation is 1. The molecule has 2 aromatic heterocycles. The van der Waals surface area contributed by atoms with Crippen LogP contribution in [0.2, 0.25) is 0 Å². The number of fused-ring (bicyclic) bond motifs is 2. The molecule has 0 bridgehead atoms. The maximum absolute atomic E-state index is 13.5. The number of rotatable bonds is 3. The topological polar surface area (TPSA) is 89.4 Å². The second-order valence-corrected chi connectivity index (χ2v) is 7.77. The predicted octanol–water partition coefficient (Wildman–Crippen LogP) is 2.02. The average molecular weight is 398 g/mol. The van der Waals surface area contributed by atoms with Gasteiger partial charge in [0.2, 0.25) is 5.91 Å². The Kier molecular flexibility index (Phi) is 4.09. The van der Waals surface area contributed by atoms with Gasteiger partial charge in [0.15, 0.2) is 5.65 Å². The fourth-order valence-corrected chi connectivity index (χ4v) is 4.44. The lowest BCUT2D eigenvalue weighted by atomic mass is 9.92. The summed E-state index contributed by atoms with van der Waals surface area (Å²) in [5.41, 5.74) is 10.8. The number of hydrogen-bond donors (Lipinski definition) is 1. The summed E-state index contributed by atoms with van der Waals surface area (Å²) in [6.45, 7) is -0.472. The summed E-state index contributed by atoms with van der Waals surface area (Å²) in [5, 5.41) is 4.24. The molecule has 150 valence electrons. The fraction of sp³-hybridized carbons (Fsp3) is 0.400. The number of aromatic nitrogens is 4. The van der Waals surface area contributed by atoms with E-state index in [1.54, 1.807) is 16.9 Å². The van der Waals surface area contributed by atoms with Gasteiger partial charge < -0.3 is 10.6 Å². The minimum Gasteiger partial charge on any atom is -0.335 e. The van der Waals surface area contributed by atoms with Crippen molar-refractivity contribution in [3.63, 3.8) is 0 Å². The highest BCUT2D eigenvalue weighted by atomic mass is 19.3. The zero-order chi connectivity index (χ0) is 20.2. The van der Waals surface area contributed by atoms with E-state index in [0.717, 1.165) is 35.2 Å². The van der Waals surface area contributed by atoms with Gasteiger partial charge in [-0.2, -0.15) is 5.10 Å². The monoisotopic (exact) mass is 398 g/mol. The zero-order valence-corrected chi connectivity index (χ0v) is 15.6. The molecule has 1 fully saturated rings. The molecule has 2 atom stereocenters. The Hall–Kier alpha value is -2.94. The molecule has 3 aromatic rings. The van der Waals surface area contributed by atoms with Crippen LogP contribution in [0.3, 0.4) is 0 Å². The molecule has 2 N–H and O–H groups in total. The number of nitrogens with zero attached hydrogens (tertiary/aromatic N) is 5. The molecule has 0 radical (unpaired) electrons. The maximum atomic E-state index is 13.5. The van der Waals surface area contributed by atoms with Crippen LogP contribution in [-0.4, -0.2) is 55.4 Å². The third-order valence-corrected chi connectivity index (χ3v) is 5.95.